The Balaban J connectivity index is 1.91. The lowest BCUT2D eigenvalue weighted by molar-refractivity contribution is 0.194. The van der Waals surface area contributed by atoms with Gasteiger partial charge in [-0.05, 0) is 37.5 Å². The summed E-state index contributed by atoms with van der Waals surface area (Å²) in [6, 6.07) is 0. The Bertz CT molecular complexity index is 311. The molecule has 0 spiro atoms. The van der Waals surface area contributed by atoms with Gasteiger partial charge in [-0.25, -0.2) is 4.98 Å². The van der Waals surface area contributed by atoms with E-state index in [0.717, 1.165) is 31.1 Å². The maximum atomic E-state index is 6.48. The predicted molar refractivity (Wildman–Crippen MR) is 69.5 cm³/mol. The zero-order valence-electron chi connectivity index (χ0n) is 10.3. The van der Waals surface area contributed by atoms with Crippen LogP contribution < -0.4 is 5.73 Å². The first-order chi connectivity index (χ1) is 7.59. The number of thiazole rings is 1. The molecule has 0 amide bonds. The zero-order valence-corrected chi connectivity index (χ0v) is 11.1. The molecule has 0 aromatic carbocycles. The standard InChI is InChI=1S/C13H22N2S/c1-10(2)11-3-5-13(14,6-4-11)7-12-8-16-9-15-12/h8-11H,3-7,14H2,1-2H3. The number of rotatable bonds is 3. The summed E-state index contributed by atoms with van der Waals surface area (Å²) in [7, 11) is 0. The van der Waals surface area contributed by atoms with Gasteiger partial charge in [0, 0.05) is 17.3 Å². The molecule has 2 N–H and O–H groups in total. The highest BCUT2D eigenvalue weighted by Gasteiger charge is 2.33. The summed E-state index contributed by atoms with van der Waals surface area (Å²) in [4.78, 5) is 4.35. The highest BCUT2D eigenvalue weighted by Crippen LogP contribution is 2.36. The molecule has 1 aromatic heterocycles. The Morgan fingerprint density at radius 3 is 2.69 bits per heavy atom. The van der Waals surface area contributed by atoms with Crippen LogP contribution in [0.4, 0.5) is 0 Å². The molecule has 2 nitrogen and oxygen atoms in total. The highest BCUT2D eigenvalue weighted by molar-refractivity contribution is 7.07. The summed E-state index contributed by atoms with van der Waals surface area (Å²) >= 11 is 1.67. The molecule has 16 heavy (non-hydrogen) atoms. The van der Waals surface area contributed by atoms with E-state index >= 15 is 0 Å². The Hall–Kier alpha value is -0.410. The summed E-state index contributed by atoms with van der Waals surface area (Å²) in [5.41, 5.74) is 9.57. The van der Waals surface area contributed by atoms with Crippen LogP contribution >= 0.6 is 11.3 Å². The van der Waals surface area contributed by atoms with E-state index in [2.05, 4.69) is 24.2 Å². The molecule has 1 aliphatic rings. The summed E-state index contributed by atoms with van der Waals surface area (Å²) in [5.74, 6) is 1.69. The third kappa shape index (κ3) is 2.83. The van der Waals surface area contributed by atoms with Crippen LogP contribution in [0.1, 0.15) is 45.2 Å². The van der Waals surface area contributed by atoms with Crippen LogP contribution in [0.25, 0.3) is 0 Å². The molecule has 0 aliphatic heterocycles. The Morgan fingerprint density at radius 2 is 2.19 bits per heavy atom. The first-order valence-electron chi connectivity index (χ1n) is 6.25. The van der Waals surface area contributed by atoms with Crippen molar-refractivity contribution in [3.63, 3.8) is 0 Å². The number of hydrogen-bond donors (Lipinski definition) is 1. The average Bonchev–Trinajstić information content (AvgIpc) is 2.70. The van der Waals surface area contributed by atoms with Crippen molar-refractivity contribution in [2.75, 3.05) is 0 Å². The first-order valence-corrected chi connectivity index (χ1v) is 7.19. The van der Waals surface area contributed by atoms with E-state index in [4.69, 9.17) is 5.73 Å². The summed E-state index contributed by atoms with van der Waals surface area (Å²) in [6.07, 6.45) is 5.86. The van der Waals surface area contributed by atoms with Gasteiger partial charge in [-0.3, -0.25) is 0 Å². The molecule has 1 fully saturated rings. The van der Waals surface area contributed by atoms with Gasteiger partial charge in [0.05, 0.1) is 11.2 Å². The van der Waals surface area contributed by atoms with Crippen LogP contribution in [-0.4, -0.2) is 10.5 Å². The van der Waals surface area contributed by atoms with Crippen LogP contribution in [0.3, 0.4) is 0 Å². The average molecular weight is 238 g/mol. The minimum atomic E-state index is 0.0134. The molecular weight excluding hydrogens is 216 g/mol. The van der Waals surface area contributed by atoms with Crippen molar-refractivity contribution in [1.82, 2.24) is 4.98 Å². The Kier molecular flexibility index (Phi) is 3.65. The summed E-state index contributed by atoms with van der Waals surface area (Å²) in [5, 5.41) is 2.13. The third-order valence-electron chi connectivity index (χ3n) is 3.99. The van der Waals surface area contributed by atoms with Crippen molar-refractivity contribution < 1.29 is 0 Å². The van der Waals surface area contributed by atoms with E-state index in [0.29, 0.717) is 0 Å². The maximum absolute atomic E-state index is 6.48. The molecule has 1 heterocycles. The normalized spacial score (nSPS) is 30.9. The van der Waals surface area contributed by atoms with E-state index in [1.165, 1.54) is 18.5 Å². The summed E-state index contributed by atoms with van der Waals surface area (Å²) < 4.78 is 0. The van der Waals surface area contributed by atoms with Gasteiger partial charge >= 0.3 is 0 Å². The van der Waals surface area contributed by atoms with Crippen molar-refractivity contribution in [2.24, 2.45) is 17.6 Å². The van der Waals surface area contributed by atoms with Gasteiger partial charge in [0.25, 0.3) is 0 Å². The van der Waals surface area contributed by atoms with E-state index in [1.807, 2.05) is 5.51 Å². The molecular formula is C13H22N2S. The van der Waals surface area contributed by atoms with Crippen LogP contribution in [-0.2, 0) is 6.42 Å². The topological polar surface area (TPSA) is 38.9 Å². The predicted octanol–water partition coefficient (Wildman–Crippen LogP) is 3.23. The van der Waals surface area contributed by atoms with E-state index in [1.54, 1.807) is 11.3 Å². The maximum Gasteiger partial charge on any atom is 0.0794 e. The van der Waals surface area contributed by atoms with Crippen LogP contribution in [0, 0.1) is 11.8 Å². The minimum absolute atomic E-state index is 0.0134. The molecule has 90 valence electrons. The van der Waals surface area contributed by atoms with Crippen molar-refractivity contribution in [3.8, 4) is 0 Å². The molecule has 1 saturated carbocycles. The monoisotopic (exact) mass is 238 g/mol. The molecule has 0 unspecified atom stereocenters. The second kappa shape index (κ2) is 4.84. The quantitative estimate of drug-likeness (QED) is 0.878. The minimum Gasteiger partial charge on any atom is -0.325 e. The molecule has 0 radical (unpaired) electrons. The second-order valence-corrected chi connectivity index (χ2v) is 6.32. The lowest BCUT2D eigenvalue weighted by Crippen LogP contribution is -2.45. The lowest BCUT2D eigenvalue weighted by atomic mass is 9.72. The van der Waals surface area contributed by atoms with Gasteiger partial charge in [0.1, 0.15) is 0 Å². The van der Waals surface area contributed by atoms with Gasteiger partial charge in [-0.15, -0.1) is 11.3 Å². The molecule has 1 aromatic rings. The Morgan fingerprint density at radius 1 is 1.50 bits per heavy atom. The molecule has 3 heteroatoms. The van der Waals surface area contributed by atoms with E-state index in [-0.39, 0.29) is 5.54 Å². The largest absolute Gasteiger partial charge is 0.325 e. The molecule has 0 bridgehead atoms. The molecule has 0 atom stereocenters. The fourth-order valence-electron chi connectivity index (χ4n) is 2.74. The highest BCUT2D eigenvalue weighted by atomic mass is 32.1. The number of nitrogens with two attached hydrogens (primary N) is 1. The van der Waals surface area contributed by atoms with Crippen molar-refractivity contribution in [1.29, 1.82) is 0 Å². The fraction of sp³-hybridized carbons (Fsp3) is 0.769. The van der Waals surface area contributed by atoms with Crippen LogP contribution in [0.15, 0.2) is 10.9 Å². The van der Waals surface area contributed by atoms with Gasteiger partial charge in [-0.1, -0.05) is 13.8 Å². The number of aromatic nitrogens is 1. The van der Waals surface area contributed by atoms with Gasteiger partial charge in [0.2, 0.25) is 0 Å². The number of hydrogen-bond acceptors (Lipinski definition) is 3. The smallest absolute Gasteiger partial charge is 0.0794 e. The van der Waals surface area contributed by atoms with Gasteiger partial charge in [0.15, 0.2) is 0 Å². The van der Waals surface area contributed by atoms with Crippen molar-refractivity contribution in [2.45, 2.75) is 51.5 Å². The van der Waals surface area contributed by atoms with Crippen molar-refractivity contribution >= 4 is 11.3 Å². The molecule has 0 saturated heterocycles. The van der Waals surface area contributed by atoms with Crippen LogP contribution in [0.5, 0.6) is 0 Å². The summed E-state index contributed by atoms with van der Waals surface area (Å²) in [6.45, 7) is 4.66. The SMILES string of the molecule is CC(C)C1CCC(N)(Cc2cscn2)CC1. The van der Waals surface area contributed by atoms with Gasteiger partial charge in [-0.2, -0.15) is 0 Å². The first kappa shape index (κ1) is 12.1. The molecule has 1 aliphatic carbocycles. The van der Waals surface area contributed by atoms with Crippen molar-refractivity contribution in [3.05, 3.63) is 16.6 Å². The fourth-order valence-corrected chi connectivity index (χ4v) is 3.30. The molecule has 2 rings (SSSR count). The number of nitrogens with zero attached hydrogens (tertiary/aromatic N) is 1. The van der Waals surface area contributed by atoms with Crippen LogP contribution in [0.2, 0.25) is 0 Å². The van der Waals surface area contributed by atoms with E-state index < -0.39 is 0 Å². The van der Waals surface area contributed by atoms with E-state index in [9.17, 15) is 0 Å². The Labute approximate surface area is 102 Å². The zero-order chi connectivity index (χ0) is 11.6. The lowest BCUT2D eigenvalue weighted by Gasteiger charge is -2.38. The van der Waals surface area contributed by atoms with Gasteiger partial charge < -0.3 is 5.73 Å². The second-order valence-electron chi connectivity index (χ2n) is 5.60. The third-order valence-corrected chi connectivity index (χ3v) is 4.62.